The summed E-state index contributed by atoms with van der Waals surface area (Å²) in [7, 11) is 0. The predicted molar refractivity (Wildman–Crippen MR) is 83.4 cm³/mol. The Morgan fingerprint density at radius 3 is 2.78 bits per heavy atom. The summed E-state index contributed by atoms with van der Waals surface area (Å²) in [6.07, 6.45) is 3.47. The standard InChI is InChI=1S/C16H17FN4O2/c1-2-20-10-13(8-18-20)19-16(23)11-7-15(22)21(9-11)14-5-3-12(17)4-6-14/h3-6,8,10-11H,2,7,9H2,1H3,(H,19,23)/t11-/m1/s1. The van der Waals surface area contributed by atoms with Gasteiger partial charge in [-0.1, -0.05) is 0 Å². The van der Waals surface area contributed by atoms with Crippen molar-refractivity contribution >= 4 is 23.2 Å². The van der Waals surface area contributed by atoms with E-state index in [0.29, 0.717) is 11.4 Å². The predicted octanol–water partition coefficient (Wildman–Crippen LogP) is 2.03. The highest BCUT2D eigenvalue weighted by atomic mass is 19.1. The maximum absolute atomic E-state index is 13.0. The van der Waals surface area contributed by atoms with Crippen LogP contribution >= 0.6 is 0 Å². The number of nitrogens with one attached hydrogen (secondary N) is 1. The van der Waals surface area contributed by atoms with E-state index in [1.165, 1.54) is 17.0 Å². The number of anilines is 2. The molecule has 120 valence electrons. The number of hydrogen-bond acceptors (Lipinski definition) is 3. The molecule has 1 fully saturated rings. The maximum atomic E-state index is 13.0. The van der Waals surface area contributed by atoms with Gasteiger partial charge >= 0.3 is 0 Å². The van der Waals surface area contributed by atoms with Crippen molar-refractivity contribution in [3.63, 3.8) is 0 Å². The van der Waals surface area contributed by atoms with E-state index in [9.17, 15) is 14.0 Å². The third-order valence-corrected chi connectivity index (χ3v) is 3.86. The maximum Gasteiger partial charge on any atom is 0.229 e. The number of aryl methyl sites for hydroxylation is 1. The second-order valence-corrected chi connectivity index (χ2v) is 5.46. The summed E-state index contributed by atoms with van der Waals surface area (Å²) < 4.78 is 14.7. The molecule has 1 N–H and O–H groups in total. The van der Waals surface area contributed by atoms with Gasteiger partial charge in [-0.05, 0) is 31.2 Å². The molecule has 3 rings (SSSR count). The molecule has 1 aliphatic heterocycles. The number of rotatable bonds is 4. The lowest BCUT2D eigenvalue weighted by Gasteiger charge is -2.16. The third-order valence-electron chi connectivity index (χ3n) is 3.86. The fourth-order valence-electron chi connectivity index (χ4n) is 2.60. The molecular formula is C16H17FN4O2. The molecule has 0 bridgehead atoms. The van der Waals surface area contributed by atoms with E-state index in [0.717, 1.165) is 6.54 Å². The first-order valence-electron chi connectivity index (χ1n) is 7.46. The van der Waals surface area contributed by atoms with Crippen LogP contribution in [0.1, 0.15) is 13.3 Å². The van der Waals surface area contributed by atoms with Crippen LogP contribution in [-0.4, -0.2) is 28.1 Å². The average molecular weight is 316 g/mol. The minimum Gasteiger partial charge on any atom is -0.323 e. The van der Waals surface area contributed by atoms with Crippen molar-refractivity contribution in [1.29, 1.82) is 0 Å². The van der Waals surface area contributed by atoms with Crippen molar-refractivity contribution in [3.05, 3.63) is 42.5 Å². The molecule has 2 amide bonds. The number of benzene rings is 1. The Kier molecular flexibility index (Phi) is 4.10. The lowest BCUT2D eigenvalue weighted by molar-refractivity contribution is -0.122. The van der Waals surface area contributed by atoms with Crippen LogP contribution in [0, 0.1) is 11.7 Å². The normalized spacial score (nSPS) is 17.6. The molecule has 0 radical (unpaired) electrons. The van der Waals surface area contributed by atoms with E-state index in [1.54, 1.807) is 29.2 Å². The highest BCUT2D eigenvalue weighted by Gasteiger charge is 2.35. The van der Waals surface area contributed by atoms with Crippen LogP contribution in [-0.2, 0) is 16.1 Å². The van der Waals surface area contributed by atoms with Gasteiger partial charge in [0.25, 0.3) is 0 Å². The number of carbonyl (C=O) groups is 2. The van der Waals surface area contributed by atoms with Crippen LogP contribution in [0.4, 0.5) is 15.8 Å². The summed E-state index contributed by atoms with van der Waals surface area (Å²) in [6.45, 7) is 2.96. The van der Waals surface area contributed by atoms with Gasteiger partial charge < -0.3 is 10.2 Å². The number of hydrogen-bond donors (Lipinski definition) is 1. The van der Waals surface area contributed by atoms with Gasteiger partial charge in [0.2, 0.25) is 11.8 Å². The summed E-state index contributed by atoms with van der Waals surface area (Å²) in [5.74, 6) is -1.14. The second kappa shape index (κ2) is 6.20. The number of carbonyl (C=O) groups excluding carboxylic acids is 2. The van der Waals surface area contributed by atoms with Crippen LogP contribution in [0.25, 0.3) is 0 Å². The van der Waals surface area contributed by atoms with E-state index in [-0.39, 0.29) is 30.6 Å². The van der Waals surface area contributed by atoms with Crippen LogP contribution in [0.3, 0.4) is 0 Å². The molecule has 6 nitrogen and oxygen atoms in total. The largest absolute Gasteiger partial charge is 0.323 e. The van der Waals surface area contributed by atoms with Crippen LogP contribution in [0.5, 0.6) is 0 Å². The molecule has 1 aromatic heterocycles. The number of amides is 2. The molecule has 1 aromatic carbocycles. The van der Waals surface area contributed by atoms with E-state index in [1.807, 2.05) is 6.92 Å². The van der Waals surface area contributed by atoms with Crippen molar-refractivity contribution in [2.45, 2.75) is 19.9 Å². The van der Waals surface area contributed by atoms with Gasteiger partial charge in [0.15, 0.2) is 0 Å². The smallest absolute Gasteiger partial charge is 0.229 e. The zero-order chi connectivity index (χ0) is 16.4. The molecule has 0 aliphatic carbocycles. The molecular weight excluding hydrogens is 299 g/mol. The number of aromatic nitrogens is 2. The van der Waals surface area contributed by atoms with Gasteiger partial charge in [0.05, 0.1) is 17.8 Å². The topological polar surface area (TPSA) is 67.2 Å². The first kappa shape index (κ1) is 15.2. The molecule has 0 unspecified atom stereocenters. The summed E-state index contributed by atoms with van der Waals surface area (Å²) in [5.41, 5.74) is 1.22. The first-order valence-corrected chi connectivity index (χ1v) is 7.46. The second-order valence-electron chi connectivity index (χ2n) is 5.46. The number of halogens is 1. The molecule has 7 heteroatoms. The molecule has 1 saturated heterocycles. The minimum atomic E-state index is -0.433. The summed E-state index contributed by atoms with van der Waals surface area (Å²) >= 11 is 0. The minimum absolute atomic E-state index is 0.138. The summed E-state index contributed by atoms with van der Waals surface area (Å²) in [6, 6.07) is 5.68. The Balaban J connectivity index is 1.66. The molecule has 1 atom stereocenters. The zero-order valence-corrected chi connectivity index (χ0v) is 12.7. The van der Waals surface area contributed by atoms with Crippen molar-refractivity contribution in [2.75, 3.05) is 16.8 Å². The van der Waals surface area contributed by atoms with Crippen LogP contribution in [0.2, 0.25) is 0 Å². The van der Waals surface area contributed by atoms with Crippen molar-refractivity contribution in [1.82, 2.24) is 9.78 Å². The van der Waals surface area contributed by atoms with Gasteiger partial charge in [-0.3, -0.25) is 14.3 Å². The van der Waals surface area contributed by atoms with Gasteiger partial charge in [-0.2, -0.15) is 5.10 Å². The number of nitrogens with zero attached hydrogens (tertiary/aromatic N) is 3. The van der Waals surface area contributed by atoms with Crippen LogP contribution < -0.4 is 10.2 Å². The van der Waals surface area contributed by atoms with Crippen molar-refractivity contribution in [3.8, 4) is 0 Å². The zero-order valence-electron chi connectivity index (χ0n) is 12.7. The molecule has 23 heavy (non-hydrogen) atoms. The Labute approximate surface area is 132 Å². The van der Waals surface area contributed by atoms with Gasteiger partial charge in [0.1, 0.15) is 5.82 Å². The fraction of sp³-hybridized carbons (Fsp3) is 0.312. The van der Waals surface area contributed by atoms with Crippen molar-refractivity contribution < 1.29 is 14.0 Å². The summed E-state index contributed by atoms with van der Waals surface area (Å²) in [4.78, 5) is 25.9. The average Bonchev–Trinajstić information content (AvgIpc) is 3.15. The third kappa shape index (κ3) is 3.23. The molecule has 0 spiro atoms. The Hall–Kier alpha value is -2.70. The summed E-state index contributed by atoms with van der Waals surface area (Å²) in [5, 5.41) is 6.87. The molecule has 2 aromatic rings. The molecule has 2 heterocycles. The lowest BCUT2D eigenvalue weighted by atomic mass is 10.1. The van der Waals surface area contributed by atoms with Gasteiger partial charge in [0, 0.05) is 31.4 Å². The Morgan fingerprint density at radius 1 is 1.39 bits per heavy atom. The first-order chi connectivity index (χ1) is 11.1. The fourth-order valence-corrected chi connectivity index (χ4v) is 2.60. The lowest BCUT2D eigenvalue weighted by Crippen LogP contribution is -2.28. The van der Waals surface area contributed by atoms with Gasteiger partial charge in [-0.15, -0.1) is 0 Å². The van der Waals surface area contributed by atoms with E-state index in [4.69, 9.17) is 0 Å². The highest BCUT2D eigenvalue weighted by Crippen LogP contribution is 2.26. The van der Waals surface area contributed by atoms with Crippen LogP contribution in [0.15, 0.2) is 36.7 Å². The molecule has 0 saturated carbocycles. The SMILES string of the molecule is CCn1cc(NC(=O)[C@@H]2CC(=O)N(c3ccc(F)cc3)C2)cn1. The van der Waals surface area contributed by atoms with Crippen molar-refractivity contribution in [2.24, 2.45) is 5.92 Å². The van der Waals surface area contributed by atoms with E-state index in [2.05, 4.69) is 10.4 Å². The highest BCUT2D eigenvalue weighted by molar-refractivity contribution is 6.03. The Morgan fingerprint density at radius 2 is 2.13 bits per heavy atom. The quantitative estimate of drug-likeness (QED) is 0.938. The Bertz CT molecular complexity index is 726. The van der Waals surface area contributed by atoms with E-state index < -0.39 is 5.92 Å². The molecule has 1 aliphatic rings. The monoisotopic (exact) mass is 316 g/mol. The van der Waals surface area contributed by atoms with Gasteiger partial charge in [-0.25, -0.2) is 4.39 Å². The van der Waals surface area contributed by atoms with E-state index >= 15 is 0 Å².